The highest BCUT2D eigenvalue weighted by Crippen LogP contribution is 2.72. The van der Waals surface area contributed by atoms with Crippen molar-refractivity contribution in [1.82, 2.24) is 4.98 Å². The van der Waals surface area contributed by atoms with Crippen molar-refractivity contribution in [3.8, 4) is 0 Å². The maximum Gasteiger partial charge on any atom is 0.0525 e. The van der Waals surface area contributed by atoms with Crippen LogP contribution in [0.4, 0.5) is 0 Å². The van der Waals surface area contributed by atoms with E-state index in [1.165, 1.54) is 17.7 Å². The first kappa shape index (κ1) is 7.47. The zero-order valence-electron chi connectivity index (χ0n) is 7.92. The highest BCUT2D eigenvalue weighted by Gasteiger charge is 2.59. The van der Waals surface area contributed by atoms with Gasteiger partial charge in [0.15, 0.2) is 0 Å². The Balaban J connectivity index is 2.04. The summed E-state index contributed by atoms with van der Waals surface area (Å²) in [6, 6.07) is 1.93. The molecule has 0 bridgehead atoms. The first-order chi connectivity index (χ1) is 6.79. The summed E-state index contributed by atoms with van der Waals surface area (Å²) in [5.74, 6) is 2.03. The van der Waals surface area contributed by atoms with Gasteiger partial charge in [0.1, 0.15) is 0 Å². The Morgan fingerprint density at radius 3 is 3.21 bits per heavy atom. The van der Waals surface area contributed by atoms with E-state index in [0.717, 1.165) is 10.9 Å². The molecule has 3 atom stereocenters. The van der Waals surface area contributed by atoms with Crippen LogP contribution in [0.25, 0.3) is 0 Å². The first-order valence-corrected chi connectivity index (χ1v) is 5.54. The second-order valence-electron chi connectivity index (χ2n) is 4.58. The number of nitrogens with zero attached hydrogens (tertiary/aromatic N) is 1. The Morgan fingerprint density at radius 2 is 2.36 bits per heavy atom. The minimum atomic E-state index is 0.522. The fraction of sp³-hybridized carbons (Fsp3) is 0.417. The van der Waals surface area contributed by atoms with Crippen molar-refractivity contribution in [3.63, 3.8) is 0 Å². The molecular weight excluding hydrogens is 194 g/mol. The van der Waals surface area contributed by atoms with Crippen LogP contribution in [0, 0.1) is 5.92 Å². The largest absolute Gasteiger partial charge is 0.260 e. The van der Waals surface area contributed by atoms with E-state index in [2.05, 4.69) is 11.9 Å². The SMILES string of the molecule is CC1C2=C3C(C2)C3c2c(Cl)ccnc21. The van der Waals surface area contributed by atoms with Gasteiger partial charge in [0.25, 0.3) is 0 Å². The second kappa shape index (κ2) is 2.06. The Labute approximate surface area is 87.8 Å². The third kappa shape index (κ3) is 0.621. The van der Waals surface area contributed by atoms with Crippen molar-refractivity contribution < 1.29 is 0 Å². The Hall–Kier alpha value is -0.820. The third-order valence-electron chi connectivity index (χ3n) is 4.05. The Bertz CT molecular complexity index is 489. The molecule has 0 saturated heterocycles. The van der Waals surface area contributed by atoms with Crippen LogP contribution in [-0.2, 0) is 0 Å². The van der Waals surface area contributed by atoms with Gasteiger partial charge in [0.2, 0.25) is 0 Å². The highest BCUT2D eigenvalue weighted by molar-refractivity contribution is 6.31. The molecule has 3 aliphatic rings. The van der Waals surface area contributed by atoms with Crippen LogP contribution in [0.1, 0.15) is 36.4 Å². The number of hydrogen-bond donors (Lipinski definition) is 0. The van der Waals surface area contributed by atoms with Crippen LogP contribution in [0.3, 0.4) is 0 Å². The molecule has 1 aromatic heterocycles. The summed E-state index contributed by atoms with van der Waals surface area (Å²) in [7, 11) is 0. The molecule has 1 nitrogen and oxygen atoms in total. The minimum absolute atomic E-state index is 0.522. The molecule has 3 unspecified atom stereocenters. The highest BCUT2D eigenvalue weighted by atomic mass is 35.5. The molecule has 1 aromatic rings. The maximum atomic E-state index is 6.25. The van der Waals surface area contributed by atoms with E-state index < -0.39 is 0 Å². The van der Waals surface area contributed by atoms with Crippen LogP contribution in [-0.4, -0.2) is 4.98 Å². The molecule has 1 heterocycles. The topological polar surface area (TPSA) is 12.9 Å². The lowest BCUT2D eigenvalue weighted by atomic mass is 9.84. The zero-order valence-corrected chi connectivity index (χ0v) is 8.67. The van der Waals surface area contributed by atoms with Gasteiger partial charge in [-0.2, -0.15) is 0 Å². The van der Waals surface area contributed by atoms with Crippen LogP contribution in [0.15, 0.2) is 23.4 Å². The van der Waals surface area contributed by atoms with Crippen molar-refractivity contribution in [2.75, 3.05) is 0 Å². The van der Waals surface area contributed by atoms with Gasteiger partial charge in [-0.15, -0.1) is 0 Å². The number of halogens is 1. The van der Waals surface area contributed by atoms with E-state index in [1.807, 2.05) is 12.3 Å². The number of rotatable bonds is 0. The van der Waals surface area contributed by atoms with E-state index in [4.69, 9.17) is 11.6 Å². The lowest BCUT2D eigenvalue weighted by Gasteiger charge is -2.23. The number of allylic oxidation sites excluding steroid dienone is 2. The normalized spacial score (nSPS) is 36.0. The van der Waals surface area contributed by atoms with Crippen LogP contribution >= 0.6 is 11.6 Å². The first-order valence-electron chi connectivity index (χ1n) is 5.16. The minimum Gasteiger partial charge on any atom is -0.260 e. The lowest BCUT2D eigenvalue weighted by molar-refractivity contribution is 0.704. The molecule has 0 radical (unpaired) electrons. The van der Waals surface area contributed by atoms with Gasteiger partial charge in [0.05, 0.1) is 5.69 Å². The predicted octanol–water partition coefficient (Wildman–Crippen LogP) is 3.27. The predicted molar refractivity (Wildman–Crippen MR) is 55.5 cm³/mol. The van der Waals surface area contributed by atoms with E-state index in [1.54, 1.807) is 11.1 Å². The molecule has 0 aromatic carbocycles. The molecule has 0 spiro atoms. The molecule has 0 amide bonds. The molecule has 3 aliphatic carbocycles. The van der Waals surface area contributed by atoms with Gasteiger partial charge in [-0.1, -0.05) is 29.7 Å². The van der Waals surface area contributed by atoms with Crippen molar-refractivity contribution in [1.29, 1.82) is 0 Å². The van der Waals surface area contributed by atoms with Gasteiger partial charge >= 0.3 is 0 Å². The van der Waals surface area contributed by atoms with Gasteiger partial charge < -0.3 is 0 Å². The number of pyridine rings is 1. The van der Waals surface area contributed by atoms with E-state index in [-0.39, 0.29) is 0 Å². The van der Waals surface area contributed by atoms with Crippen LogP contribution in [0.2, 0.25) is 5.02 Å². The molecule has 2 heteroatoms. The smallest absolute Gasteiger partial charge is 0.0525 e. The average Bonchev–Trinajstić information content (AvgIpc) is 2.72. The molecule has 1 saturated carbocycles. The Kier molecular flexibility index (Phi) is 1.10. The van der Waals surface area contributed by atoms with Gasteiger partial charge in [-0.25, -0.2) is 0 Å². The summed E-state index contributed by atoms with van der Waals surface area (Å²) in [5.41, 5.74) is 5.92. The average molecular weight is 204 g/mol. The molecule has 4 rings (SSSR count). The third-order valence-corrected chi connectivity index (χ3v) is 4.38. The lowest BCUT2D eigenvalue weighted by Crippen LogP contribution is -2.09. The monoisotopic (exact) mass is 203 g/mol. The fourth-order valence-electron chi connectivity index (χ4n) is 3.27. The molecule has 70 valence electrons. The van der Waals surface area contributed by atoms with Crippen molar-refractivity contribution in [3.05, 3.63) is 39.7 Å². The van der Waals surface area contributed by atoms with Gasteiger partial charge in [0, 0.05) is 28.6 Å². The molecule has 0 N–H and O–H groups in total. The maximum absolute atomic E-state index is 6.25. The summed E-state index contributed by atoms with van der Waals surface area (Å²) >= 11 is 6.25. The second-order valence-corrected chi connectivity index (χ2v) is 4.99. The van der Waals surface area contributed by atoms with Crippen LogP contribution in [0.5, 0.6) is 0 Å². The summed E-state index contributed by atoms with van der Waals surface area (Å²) in [4.78, 5) is 4.50. The van der Waals surface area contributed by atoms with E-state index in [0.29, 0.717) is 11.8 Å². The number of fused-ring (bicyclic) bond motifs is 3. The van der Waals surface area contributed by atoms with Crippen molar-refractivity contribution in [2.45, 2.75) is 25.2 Å². The number of aromatic nitrogens is 1. The van der Waals surface area contributed by atoms with Crippen molar-refractivity contribution in [2.24, 2.45) is 5.92 Å². The molecule has 1 fully saturated rings. The Morgan fingerprint density at radius 1 is 1.50 bits per heavy atom. The fourth-order valence-corrected chi connectivity index (χ4v) is 3.54. The van der Waals surface area contributed by atoms with Crippen LogP contribution < -0.4 is 0 Å². The van der Waals surface area contributed by atoms with Crippen molar-refractivity contribution >= 4 is 11.6 Å². The summed E-state index contributed by atoms with van der Waals surface area (Å²) in [6.07, 6.45) is 3.14. The van der Waals surface area contributed by atoms with Gasteiger partial charge in [-0.3, -0.25) is 4.98 Å². The molecule has 0 aliphatic heterocycles. The quantitative estimate of drug-likeness (QED) is 0.590. The molecule has 14 heavy (non-hydrogen) atoms. The standard InChI is InChI=1S/C12H10ClN/c1-5-6-4-7-9(6)10(7)11-8(13)2-3-14-12(5)11/h2-3,5,7,10H,4H2,1H3. The zero-order chi connectivity index (χ0) is 9.45. The summed E-state index contributed by atoms with van der Waals surface area (Å²) in [6.45, 7) is 2.26. The van der Waals surface area contributed by atoms with E-state index in [9.17, 15) is 0 Å². The summed E-state index contributed by atoms with van der Waals surface area (Å²) in [5, 5.41) is 0.924. The van der Waals surface area contributed by atoms with E-state index >= 15 is 0 Å². The van der Waals surface area contributed by atoms with Gasteiger partial charge in [-0.05, 0) is 18.4 Å². The summed E-state index contributed by atoms with van der Waals surface area (Å²) < 4.78 is 0. The molecular formula is C12H10ClN. The number of hydrogen-bond acceptors (Lipinski definition) is 1.